The maximum atomic E-state index is 13.5. The topological polar surface area (TPSA) is 81.7 Å². The minimum absolute atomic E-state index is 0.203. The molecule has 0 unspecified atom stereocenters. The Labute approximate surface area is 154 Å². The molecule has 1 aliphatic rings. The first kappa shape index (κ1) is 18.8. The summed E-state index contributed by atoms with van der Waals surface area (Å²) in [5, 5.41) is 0. The first-order valence-corrected chi connectivity index (χ1v) is 9.44. The molecule has 1 amide bonds. The number of carbonyl (C=O) groups is 1. The zero-order valence-corrected chi connectivity index (χ0v) is 14.8. The van der Waals surface area contributed by atoms with E-state index in [1.807, 2.05) is 4.72 Å². The van der Waals surface area contributed by atoms with Crippen LogP contribution in [0.2, 0.25) is 0 Å². The van der Waals surface area contributed by atoms with E-state index in [1.165, 1.54) is 24.3 Å². The van der Waals surface area contributed by atoms with Gasteiger partial charge in [-0.1, -0.05) is 6.07 Å². The standard InChI is InChI=1S/C18H15F2NO5S/c19-14-3-1-4-15(20)13(14)6-8-18(22)21-27(23,24)12-5-7-16-17(11-12)26-10-2-9-25-16/h1,3-8,11H,2,9-10H2,(H,21,22)/b8-6-. The second-order valence-corrected chi connectivity index (χ2v) is 7.28. The molecule has 9 heteroatoms. The molecule has 0 aliphatic carbocycles. The van der Waals surface area contributed by atoms with Gasteiger partial charge >= 0.3 is 0 Å². The molecule has 2 aromatic rings. The lowest BCUT2D eigenvalue weighted by molar-refractivity contribution is -0.114. The van der Waals surface area contributed by atoms with Crippen molar-refractivity contribution >= 4 is 22.0 Å². The van der Waals surface area contributed by atoms with Gasteiger partial charge in [0.2, 0.25) is 0 Å². The van der Waals surface area contributed by atoms with Gasteiger partial charge in [-0.15, -0.1) is 0 Å². The predicted molar refractivity (Wildman–Crippen MR) is 92.8 cm³/mol. The SMILES string of the molecule is O=C(/C=C\c1c(F)cccc1F)NS(=O)(=O)c1ccc2c(c1)OCCCO2. The van der Waals surface area contributed by atoms with Crippen molar-refractivity contribution in [3.8, 4) is 11.5 Å². The van der Waals surface area contributed by atoms with Gasteiger partial charge in [-0.05, 0) is 30.3 Å². The molecule has 27 heavy (non-hydrogen) atoms. The molecular formula is C18H15F2NO5S. The number of halogens is 2. The molecule has 1 aliphatic heterocycles. The van der Waals surface area contributed by atoms with Crippen molar-refractivity contribution in [2.45, 2.75) is 11.3 Å². The van der Waals surface area contributed by atoms with E-state index in [1.54, 1.807) is 0 Å². The third-order valence-corrected chi connectivity index (χ3v) is 5.01. The molecule has 1 N–H and O–H groups in total. The Kier molecular flexibility index (Phi) is 5.41. The third kappa shape index (κ3) is 4.43. The summed E-state index contributed by atoms with van der Waals surface area (Å²) in [6, 6.07) is 7.17. The van der Waals surface area contributed by atoms with E-state index in [0.29, 0.717) is 25.4 Å². The average Bonchev–Trinajstić information content (AvgIpc) is 2.85. The van der Waals surface area contributed by atoms with E-state index in [4.69, 9.17) is 9.47 Å². The van der Waals surface area contributed by atoms with Crippen LogP contribution in [0.25, 0.3) is 6.08 Å². The van der Waals surface area contributed by atoms with Crippen LogP contribution in [0, 0.1) is 11.6 Å². The highest BCUT2D eigenvalue weighted by molar-refractivity contribution is 7.90. The van der Waals surface area contributed by atoms with Crippen molar-refractivity contribution < 1.29 is 31.5 Å². The lowest BCUT2D eigenvalue weighted by Crippen LogP contribution is -2.29. The molecule has 0 fully saturated rings. The second-order valence-electron chi connectivity index (χ2n) is 5.60. The maximum absolute atomic E-state index is 13.5. The summed E-state index contributed by atoms with van der Waals surface area (Å²) in [6.07, 6.45) is 2.26. The van der Waals surface area contributed by atoms with Gasteiger partial charge in [0, 0.05) is 24.1 Å². The molecule has 0 bridgehead atoms. The van der Waals surface area contributed by atoms with Crippen LogP contribution in [0.15, 0.2) is 47.4 Å². The highest BCUT2D eigenvalue weighted by Crippen LogP contribution is 2.31. The van der Waals surface area contributed by atoms with Crippen molar-refractivity contribution in [1.29, 1.82) is 0 Å². The van der Waals surface area contributed by atoms with Crippen molar-refractivity contribution in [3.63, 3.8) is 0 Å². The summed E-state index contributed by atoms with van der Waals surface area (Å²) >= 11 is 0. The summed E-state index contributed by atoms with van der Waals surface area (Å²) in [6.45, 7) is 0.826. The molecule has 2 aromatic carbocycles. The smallest absolute Gasteiger partial charge is 0.264 e. The summed E-state index contributed by atoms with van der Waals surface area (Å²) in [5.74, 6) is -2.13. The van der Waals surface area contributed by atoms with Gasteiger partial charge in [0.15, 0.2) is 11.5 Å². The molecule has 0 atom stereocenters. The normalized spacial score (nSPS) is 14.0. The zero-order chi connectivity index (χ0) is 19.4. The number of benzene rings is 2. The molecule has 0 aromatic heterocycles. The number of hydrogen-bond acceptors (Lipinski definition) is 5. The molecule has 1 heterocycles. The van der Waals surface area contributed by atoms with Crippen molar-refractivity contribution in [3.05, 3.63) is 59.7 Å². The van der Waals surface area contributed by atoms with E-state index in [0.717, 1.165) is 24.3 Å². The zero-order valence-electron chi connectivity index (χ0n) is 13.9. The lowest BCUT2D eigenvalue weighted by atomic mass is 10.2. The van der Waals surface area contributed by atoms with Crippen LogP contribution in [0.3, 0.4) is 0 Å². The molecule has 0 spiro atoms. The third-order valence-electron chi connectivity index (χ3n) is 3.67. The van der Waals surface area contributed by atoms with Gasteiger partial charge in [0.25, 0.3) is 15.9 Å². The number of rotatable bonds is 4. The number of carbonyl (C=O) groups excluding carboxylic acids is 1. The Bertz CT molecular complexity index is 985. The Morgan fingerprint density at radius 1 is 1.04 bits per heavy atom. The van der Waals surface area contributed by atoms with E-state index in [-0.39, 0.29) is 10.6 Å². The van der Waals surface area contributed by atoms with E-state index in [9.17, 15) is 22.0 Å². The summed E-state index contributed by atoms with van der Waals surface area (Å²) in [4.78, 5) is 11.7. The van der Waals surface area contributed by atoms with Crippen LogP contribution in [0.1, 0.15) is 12.0 Å². The molecule has 0 saturated carbocycles. The number of hydrogen-bond donors (Lipinski definition) is 1. The van der Waals surface area contributed by atoms with Gasteiger partial charge in [-0.2, -0.15) is 0 Å². The van der Waals surface area contributed by atoms with Gasteiger partial charge in [0.05, 0.1) is 18.1 Å². The number of amides is 1. The molecular weight excluding hydrogens is 380 g/mol. The molecule has 3 rings (SSSR count). The average molecular weight is 395 g/mol. The Hall–Kier alpha value is -2.94. The van der Waals surface area contributed by atoms with Gasteiger partial charge in [0.1, 0.15) is 11.6 Å². The summed E-state index contributed by atoms with van der Waals surface area (Å²) in [7, 11) is -4.20. The molecule has 6 nitrogen and oxygen atoms in total. The van der Waals surface area contributed by atoms with Gasteiger partial charge < -0.3 is 9.47 Å². The van der Waals surface area contributed by atoms with Crippen LogP contribution in [-0.4, -0.2) is 27.5 Å². The Morgan fingerprint density at radius 2 is 1.70 bits per heavy atom. The number of nitrogens with one attached hydrogen (secondary N) is 1. The van der Waals surface area contributed by atoms with Gasteiger partial charge in [-0.3, -0.25) is 4.79 Å². The first-order valence-electron chi connectivity index (χ1n) is 7.95. The molecule has 142 valence electrons. The lowest BCUT2D eigenvalue weighted by Gasteiger charge is -2.10. The van der Waals surface area contributed by atoms with Crippen LogP contribution in [0.5, 0.6) is 11.5 Å². The first-order chi connectivity index (χ1) is 12.9. The van der Waals surface area contributed by atoms with Crippen LogP contribution in [0.4, 0.5) is 8.78 Å². The predicted octanol–water partition coefficient (Wildman–Crippen LogP) is 2.64. The van der Waals surface area contributed by atoms with Crippen LogP contribution in [-0.2, 0) is 14.8 Å². The van der Waals surface area contributed by atoms with Gasteiger partial charge in [-0.25, -0.2) is 21.9 Å². The fourth-order valence-electron chi connectivity index (χ4n) is 2.37. The van der Waals surface area contributed by atoms with E-state index < -0.39 is 33.1 Å². The largest absolute Gasteiger partial charge is 0.490 e. The summed E-state index contributed by atoms with van der Waals surface area (Å²) < 4.78 is 64.4. The monoisotopic (exact) mass is 395 g/mol. The Morgan fingerprint density at radius 3 is 2.41 bits per heavy atom. The van der Waals surface area contributed by atoms with Crippen LogP contribution >= 0.6 is 0 Å². The van der Waals surface area contributed by atoms with Crippen molar-refractivity contribution in [2.75, 3.05) is 13.2 Å². The van der Waals surface area contributed by atoms with E-state index >= 15 is 0 Å². The van der Waals surface area contributed by atoms with Crippen molar-refractivity contribution in [1.82, 2.24) is 4.72 Å². The highest BCUT2D eigenvalue weighted by atomic mass is 32.2. The minimum Gasteiger partial charge on any atom is -0.490 e. The second kappa shape index (κ2) is 7.75. The number of ether oxygens (including phenoxy) is 2. The minimum atomic E-state index is -4.20. The fraction of sp³-hybridized carbons (Fsp3) is 0.167. The maximum Gasteiger partial charge on any atom is 0.264 e. The highest BCUT2D eigenvalue weighted by Gasteiger charge is 2.20. The van der Waals surface area contributed by atoms with Crippen molar-refractivity contribution in [2.24, 2.45) is 0 Å². The summed E-state index contributed by atoms with van der Waals surface area (Å²) in [5.41, 5.74) is -0.444. The number of sulfonamides is 1. The fourth-order valence-corrected chi connectivity index (χ4v) is 3.33. The molecule has 0 saturated heterocycles. The van der Waals surface area contributed by atoms with E-state index in [2.05, 4.69) is 0 Å². The Balaban J connectivity index is 1.77. The quantitative estimate of drug-likeness (QED) is 0.805. The number of fused-ring (bicyclic) bond motifs is 1. The molecule has 0 radical (unpaired) electrons. The van der Waals surface area contributed by atoms with Crippen LogP contribution < -0.4 is 14.2 Å².